The van der Waals surface area contributed by atoms with E-state index in [9.17, 15) is 4.79 Å². The van der Waals surface area contributed by atoms with E-state index in [0.29, 0.717) is 6.04 Å². The Morgan fingerprint density at radius 1 is 1.30 bits per heavy atom. The Morgan fingerprint density at radius 2 is 2.00 bits per heavy atom. The van der Waals surface area contributed by atoms with E-state index in [1.54, 1.807) is 0 Å². The summed E-state index contributed by atoms with van der Waals surface area (Å²) < 4.78 is 0. The molecule has 0 atom stereocenters. The second-order valence-corrected chi connectivity index (χ2v) is 6.48. The maximum absolute atomic E-state index is 10.9. The van der Waals surface area contributed by atoms with E-state index >= 15 is 0 Å². The van der Waals surface area contributed by atoms with Crippen molar-refractivity contribution in [3.63, 3.8) is 0 Å². The van der Waals surface area contributed by atoms with Gasteiger partial charge in [0.05, 0.1) is 0 Å². The maximum atomic E-state index is 10.9. The molecule has 20 heavy (non-hydrogen) atoms. The van der Waals surface area contributed by atoms with Crippen molar-refractivity contribution in [2.24, 2.45) is 5.92 Å². The first kappa shape index (κ1) is 15.1. The van der Waals surface area contributed by atoms with Crippen molar-refractivity contribution < 1.29 is 4.79 Å². The first-order chi connectivity index (χ1) is 9.61. The van der Waals surface area contributed by atoms with E-state index in [-0.39, 0.29) is 0 Å². The lowest BCUT2D eigenvalue weighted by molar-refractivity contribution is 0.112. The van der Waals surface area contributed by atoms with Gasteiger partial charge in [0.2, 0.25) is 0 Å². The lowest BCUT2D eigenvalue weighted by Crippen LogP contribution is -2.35. The van der Waals surface area contributed by atoms with Crippen LogP contribution in [0.5, 0.6) is 0 Å². The van der Waals surface area contributed by atoms with Crippen molar-refractivity contribution in [2.75, 3.05) is 11.4 Å². The molecule has 2 heteroatoms. The third-order valence-electron chi connectivity index (χ3n) is 4.38. The van der Waals surface area contributed by atoms with Gasteiger partial charge in [-0.05, 0) is 55.9 Å². The van der Waals surface area contributed by atoms with E-state index in [1.807, 2.05) is 12.1 Å². The van der Waals surface area contributed by atoms with Crippen LogP contribution < -0.4 is 4.90 Å². The number of aldehydes is 1. The van der Waals surface area contributed by atoms with Gasteiger partial charge in [-0.1, -0.05) is 26.7 Å². The molecule has 110 valence electrons. The van der Waals surface area contributed by atoms with Gasteiger partial charge < -0.3 is 4.90 Å². The smallest absolute Gasteiger partial charge is 0.150 e. The number of anilines is 1. The first-order valence-corrected chi connectivity index (χ1v) is 7.94. The first-order valence-electron chi connectivity index (χ1n) is 7.94. The predicted octanol–water partition coefficient (Wildman–Crippen LogP) is 4.60. The summed E-state index contributed by atoms with van der Waals surface area (Å²) in [5.74, 6) is 0.730. The van der Waals surface area contributed by atoms with Crippen LogP contribution in [-0.2, 0) is 0 Å². The molecule has 0 aliphatic heterocycles. The molecule has 0 aromatic heterocycles. The molecule has 1 aliphatic carbocycles. The Labute approximate surface area is 123 Å². The fraction of sp³-hybridized carbons (Fsp3) is 0.611. The molecular weight excluding hydrogens is 246 g/mol. The van der Waals surface area contributed by atoms with Gasteiger partial charge in [-0.3, -0.25) is 4.79 Å². The van der Waals surface area contributed by atoms with Crippen LogP contribution >= 0.6 is 0 Å². The molecule has 0 radical (unpaired) electrons. The molecule has 0 heterocycles. The van der Waals surface area contributed by atoms with Crippen LogP contribution in [0.25, 0.3) is 0 Å². The monoisotopic (exact) mass is 273 g/mol. The van der Waals surface area contributed by atoms with Crippen LogP contribution in [0.15, 0.2) is 18.2 Å². The molecule has 1 aromatic carbocycles. The van der Waals surface area contributed by atoms with Crippen LogP contribution in [0.3, 0.4) is 0 Å². The van der Waals surface area contributed by atoms with Crippen LogP contribution in [-0.4, -0.2) is 18.9 Å². The van der Waals surface area contributed by atoms with Crippen LogP contribution in [0, 0.1) is 12.8 Å². The maximum Gasteiger partial charge on any atom is 0.150 e. The SMILES string of the molecule is Cc1cc(C=O)ccc1N(CCC(C)C)C1CCCC1. The Morgan fingerprint density at radius 3 is 2.55 bits per heavy atom. The normalized spacial score (nSPS) is 15.8. The molecule has 1 saturated carbocycles. The van der Waals surface area contributed by atoms with Gasteiger partial charge in [-0.25, -0.2) is 0 Å². The third-order valence-corrected chi connectivity index (χ3v) is 4.38. The summed E-state index contributed by atoms with van der Waals surface area (Å²) in [5.41, 5.74) is 3.33. The minimum atomic E-state index is 0.689. The molecule has 0 amide bonds. The van der Waals surface area contributed by atoms with Crippen molar-refractivity contribution in [2.45, 2.75) is 58.9 Å². The van der Waals surface area contributed by atoms with Gasteiger partial charge >= 0.3 is 0 Å². The van der Waals surface area contributed by atoms with Crippen molar-refractivity contribution in [3.05, 3.63) is 29.3 Å². The molecule has 1 aromatic rings. The number of rotatable bonds is 6. The van der Waals surface area contributed by atoms with Crippen LogP contribution in [0.2, 0.25) is 0 Å². The topological polar surface area (TPSA) is 20.3 Å². The zero-order chi connectivity index (χ0) is 14.5. The number of carbonyl (C=O) groups is 1. The molecular formula is C18H27NO. The Hall–Kier alpha value is -1.31. The van der Waals surface area contributed by atoms with Crippen molar-refractivity contribution >= 4 is 12.0 Å². The highest BCUT2D eigenvalue weighted by atomic mass is 16.1. The standard InChI is InChI=1S/C18H27NO/c1-14(2)10-11-19(17-6-4-5-7-17)18-9-8-16(13-20)12-15(18)3/h8-9,12-14,17H,4-7,10-11H2,1-3H3. The summed E-state index contributed by atoms with van der Waals surface area (Å²) in [4.78, 5) is 13.5. The number of aryl methyl sites for hydroxylation is 1. The summed E-state index contributed by atoms with van der Waals surface area (Å²) in [6, 6.07) is 6.79. The highest BCUT2D eigenvalue weighted by molar-refractivity contribution is 5.77. The number of hydrogen-bond acceptors (Lipinski definition) is 2. The van der Waals surface area contributed by atoms with E-state index in [4.69, 9.17) is 0 Å². The molecule has 0 bridgehead atoms. The number of nitrogens with zero attached hydrogens (tertiary/aromatic N) is 1. The average molecular weight is 273 g/mol. The average Bonchev–Trinajstić information content (AvgIpc) is 2.94. The van der Waals surface area contributed by atoms with Crippen LogP contribution in [0.4, 0.5) is 5.69 Å². The summed E-state index contributed by atoms with van der Waals surface area (Å²) in [5, 5.41) is 0. The summed E-state index contributed by atoms with van der Waals surface area (Å²) in [6.07, 6.45) is 7.50. The van der Waals surface area contributed by atoms with E-state index < -0.39 is 0 Å². The fourth-order valence-electron chi connectivity index (χ4n) is 3.19. The predicted molar refractivity (Wildman–Crippen MR) is 85.6 cm³/mol. The molecule has 2 rings (SSSR count). The molecule has 0 unspecified atom stereocenters. The lowest BCUT2D eigenvalue weighted by atomic mass is 10.0. The van der Waals surface area contributed by atoms with Gasteiger partial charge in [0, 0.05) is 23.8 Å². The highest BCUT2D eigenvalue weighted by Gasteiger charge is 2.23. The van der Waals surface area contributed by atoms with Gasteiger partial charge in [-0.2, -0.15) is 0 Å². The minimum Gasteiger partial charge on any atom is -0.368 e. The Balaban J connectivity index is 2.22. The fourth-order valence-corrected chi connectivity index (χ4v) is 3.19. The lowest BCUT2D eigenvalue weighted by Gasteiger charge is -2.33. The van der Waals surface area contributed by atoms with E-state index in [1.165, 1.54) is 43.4 Å². The third kappa shape index (κ3) is 3.62. The molecule has 2 nitrogen and oxygen atoms in total. The highest BCUT2D eigenvalue weighted by Crippen LogP contribution is 2.31. The van der Waals surface area contributed by atoms with Gasteiger partial charge in [0.25, 0.3) is 0 Å². The summed E-state index contributed by atoms with van der Waals surface area (Å²) in [6.45, 7) is 7.83. The number of carbonyl (C=O) groups excluding carboxylic acids is 1. The molecule has 0 saturated heterocycles. The van der Waals surface area contributed by atoms with Crippen molar-refractivity contribution in [3.8, 4) is 0 Å². The minimum absolute atomic E-state index is 0.689. The van der Waals surface area contributed by atoms with Gasteiger partial charge in [-0.15, -0.1) is 0 Å². The number of benzene rings is 1. The van der Waals surface area contributed by atoms with Crippen molar-refractivity contribution in [1.82, 2.24) is 0 Å². The molecule has 1 aliphatic rings. The zero-order valence-electron chi connectivity index (χ0n) is 13.1. The zero-order valence-corrected chi connectivity index (χ0v) is 13.1. The van der Waals surface area contributed by atoms with Gasteiger partial charge in [0.1, 0.15) is 6.29 Å². The second kappa shape index (κ2) is 6.92. The summed E-state index contributed by atoms with van der Waals surface area (Å²) in [7, 11) is 0. The van der Waals surface area contributed by atoms with E-state index in [2.05, 4.69) is 31.7 Å². The second-order valence-electron chi connectivity index (χ2n) is 6.48. The Bertz CT molecular complexity index is 447. The van der Waals surface area contributed by atoms with E-state index in [0.717, 1.165) is 24.3 Å². The van der Waals surface area contributed by atoms with Crippen molar-refractivity contribution in [1.29, 1.82) is 0 Å². The van der Waals surface area contributed by atoms with Gasteiger partial charge in [0.15, 0.2) is 0 Å². The van der Waals surface area contributed by atoms with Crippen LogP contribution in [0.1, 0.15) is 61.9 Å². The summed E-state index contributed by atoms with van der Waals surface area (Å²) >= 11 is 0. The quantitative estimate of drug-likeness (QED) is 0.706. The largest absolute Gasteiger partial charge is 0.368 e. The Kier molecular flexibility index (Phi) is 5.22. The number of hydrogen-bond donors (Lipinski definition) is 0. The molecule has 0 N–H and O–H groups in total. The molecule has 0 spiro atoms. The molecule has 1 fully saturated rings.